The Morgan fingerprint density at radius 2 is 1.68 bits per heavy atom. The third-order valence-electron chi connectivity index (χ3n) is 3.77. The molecule has 0 aliphatic heterocycles. The number of Topliss-reactive ketones (excluding diaryl/α,β-unsaturated/α-hetero) is 1. The molecule has 3 nitrogen and oxygen atoms in total. The van der Waals surface area contributed by atoms with Crippen molar-refractivity contribution in [2.75, 3.05) is 0 Å². The van der Waals surface area contributed by atoms with Crippen molar-refractivity contribution >= 4 is 5.78 Å². The first kappa shape index (κ1) is 13.5. The maximum absolute atomic E-state index is 12.5. The van der Waals surface area contributed by atoms with Gasteiger partial charge < -0.3 is 0 Å². The first-order valence-electron chi connectivity index (χ1n) is 6.55. The number of hydrogen-bond acceptors (Lipinski definition) is 2. The summed E-state index contributed by atoms with van der Waals surface area (Å²) in [6, 6.07) is 7.42. The molecule has 2 rings (SSSR count). The molecule has 0 aliphatic rings. The highest BCUT2D eigenvalue weighted by Crippen LogP contribution is 2.20. The summed E-state index contributed by atoms with van der Waals surface area (Å²) in [5.41, 5.74) is 5.10. The maximum atomic E-state index is 12.5. The van der Waals surface area contributed by atoms with Crippen molar-refractivity contribution < 1.29 is 4.79 Å². The van der Waals surface area contributed by atoms with E-state index in [9.17, 15) is 4.79 Å². The molecule has 1 aromatic carbocycles. The number of ketones is 1. The van der Waals surface area contributed by atoms with Crippen LogP contribution in [0.15, 0.2) is 24.3 Å². The highest BCUT2D eigenvalue weighted by molar-refractivity contribution is 5.98. The van der Waals surface area contributed by atoms with Crippen molar-refractivity contribution in [1.29, 1.82) is 0 Å². The van der Waals surface area contributed by atoms with E-state index in [0.717, 1.165) is 28.1 Å². The van der Waals surface area contributed by atoms with Gasteiger partial charge in [-0.05, 0) is 40.2 Å². The van der Waals surface area contributed by atoms with E-state index in [1.54, 1.807) is 0 Å². The van der Waals surface area contributed by atoms with Crippen molar-refractivity contribution in [3.05, 3.63) is 52.3 Å². The summed E-state index contributed by atoms with van der Waals surface area (Å²) in [5, 5.41) is 4.47. The second kappa shape index (κ2) is 5.00. The molecule has 1 atom stereocenters. The first-order valence-corrected chi connectivity index (χ1v) is 6.55. The maximum Gasteiger partial charge on any atom is 0.187 e. The van der Waals surface area contributed by atoms with Gasteiger partial charge in [-0.2, -0.15) is 5.10 Å². The summed E-state index contributed by atoms with van der Waals surface area (Å²) in [7, 11) is 0. The van der Waals surface area contributed by atoms with Crippen LogP contribution in [0.2, 0.25) is 0 Å². The third kappa shape index (κ3) is 2.46. The molecular weight excluding hydrogens is 236 g/mol. The summed E-state index contributed by atoms with van der Waals surface area (Å²) in [6.07, 6.45) is 0. The number of aryl methyl sites for hydroxylation is 2. The number of carbonyl (C=O) groups excluding carboxylic acids is 1. The van der Waals surface area contributed by atoms with Crippen molar-refractivity contribution in [3.63, 3.8) is 0 Å². The Kier molecular flexibility index (Phi) is 3.56. The SMILES string of the molecule is Cc1ccc(C(=O)C(C)n2nc(C)c(C)c2C)cc1. The van der Waals surface area contributed by atoms with Gasteiger partial charge in [-0.3, -0.25) is 9.48 Å². The smallest absolute Gasteiger partial charge is 0.187 e. The van der Waals surface area contributed by atoms with Gasteiger partial charge in [-0.1, -0.05) is 29.8 Å². The molecule has 0 N–H and O–H groups in total. The number of carbonyl (C=O) groups is 1. The highest BCUT2D eigenvalue weighted by Gasteiger charge is 2.20. The van der Waals surface area contributed by atoms with Crippen LogP contribution in [0.5, 0.6) is 0 Å². The van der Waals surface area contributed by atoms with E-state index in [4.69, 9.17) is 0 Å². The predicted octanol–water partition coefficient (Wildman–Crippen LogP) is 3.56. The fraction of sp³-hybridized carbons (Fsp3) is 0.375. The second-order valence-corrected chi connectivity index (χ2v) is 5.15. The molecule has 0 spiro atoms. The van der Waals surface area contributed by atoms with E-state index in [1.807, 2.05) is 63.6 Å². The Morgan fingerprint density at radius 3 is 2.16 bits per heavy atom. The third-order valence-corrected chi connectivity index (χ3v) is 3.77. The van der Waals surface area contributed by atoms with Crippen LogP contribution in [0.25, 0.3) is 0 Å². The van der Waals surface area contributed by atoms with Crippen LogP contribution in [0, 0.1) is 27.7 Å². The fourth-order valence-corrected chi connectivity index (χ4v) is 2.19. The summed E-state index contributed by atoms with van der Waals surface area (Å²) in [4.78, 5) is 12.5. The molecule has 100 valence electrons. The minimum absolute atomic E-state index is 0.102. The van der Waals surface area contributed by atoms with Gasteiger partial charge in [0.25, 0.3) is 0 Å². The summed E-state index contributed by atoms with van der Waals surface area (Å²) in [6.45, 7) is 9.94. The minimum atomic E-state index is -0.268. The zero-order valence-corrected chi connectivity index (χ0v) is 12.2. The molecule has 1 unspecified atom stereocenters. The Balaban J connectivity index is 2.33. The molecule has 0 fully saturated rings. The molecule has 0 aliphatic carbocycles. The van der Waals surface area contributed by atoms with Gasteiger partial charge >= 0.3 is 0 Å². The molecule has 3 heteroatoms. The Hall–Kier alpha value is -1.90. The lowest BCUT2D eigenvalue weighted by atomic mass is 10.0. The normalized spacial score (nSPS) is 12.5. The molecule has 1 aromatic heterocycles. The molecule has 0 saturated carbocycles. The van der Waals surface area contributed by atoms with E-state index < -0.39 is 0 Å². The van der Waals surface area contributed by atoms with E-state index >= 15 is 0 Å². The lowest BCUT2D eigenvalue weighted by molar-refractivity contribution is 0.0926. The molecule has 0 amide bonds. The largest absolute Gasteiger partial charge is 0.292 e. The number of hydrogen-bond donors (Lipinski definition) is 0. The van der Waals surface area contributed by atoms with Crippen LogP contribution in [0.1, 0.15) is 45.8 Å². The van der Waals surface area contributed by atoms with Crippen LogP contribution in [-0.2, 0) is 0 Å². The zero-order chi connectivity index (χ0) is 14.2. The molecule has 0 bridgehead atoms. The lowest BCUT2D eigenvalue weighted by Gasteiger charge is -2.13. The van der Waals surface area contributed by atoms with Crippen LogP contribution in [0.3, 0.4) is 0 Å². The number of aromatic nitrogens is 2. The number of rotatable bonds is 3. The van der Waals surface area contributed by atoms with Gasteiger partial charge in [0, 0.05) is 11.3 Å². The van der Waals surface area contributed by atoms with E-state index in [0.29, 0.717) is 0 Å². The molecule has 2 aromatic rings. The summed E-state index contributed by atoms with van der Waals surface area (Å²) in [5.74, 6) is 0.102. The van der Waals surface area contributed by atoms with Crippen molar-refractivity contribution in [1.82, 2.24) is 9.78 Å². The van der Waals surface area contributed by atoms with Gasteiger partial charge in [0.2, 0.25) is 0 Å². The van der Waals surface area contributed by atoms with Crippen molar-refractivity contribution in [3.8, 4) is 0 Å². The lowest BCUT2D eigenvalue weighted by Crippen LogP contribution is -2.19. The van der Waals surface area contributed by atoms with Crippen LogP contribution < -0.4 is 0 Å². The Bertz CT molecular complexity index is 608. The summed E-state index contributed by atoms with van der Waals surface area (Å²) >= 11 is 0. The van der Waals surface area contributed by atoms with Gasteiger partial charge in [0.15, 0.2) is 5.78 Å². The molecule has 0 radical (unpaired) electrons. The second-order valence-electron chi connectivity index (χ2n) is 5.15. The van der Waals surface area contributed by atoms with Crippen molar-refractivity contribution in [2.24, 2.45) is 0 Å². The monoisotopic (exact) mass is 256 g/mol. The van der Waals surface area contributed by atoms with Crippen molar-refractivity contribution in [2.45, 2.75) is 40.7 Å². The topological polar surface area (TPSA) is 34.9 Å². The van der Waals surface area contributed by atoms with E-state index in [2.05, 4.69) is 5.10 Å². The van der Waals surface area contributed by atoms with Gasteiger partial charge in [0.05, 0.1) is 5.69 Å². The zero-order valence-electron chi connectivity index (χ0n) is 12.2. The number of nitrogens with zero attached hydrogens (tertiary/aromatic N) is 2. The quantitative estimate of drug-likeness (QED) is 0.787. The standard InChI is InChI=1S/C16H20N2O/c1-10-6-8-15(9-7-10)16(19)14(5)18-13(4)11(2)12(3)17-18/h6-9,14H,1-5H3. The van der Waals surface area contributed by atoms with Gasteiger partial charge in [0.1, 0.15) is 6.04 Å². The Labute approximate surface area is 114 Å². The highest BCUT2D eigenvalue weighted by atomic mass is 16.1. The Morgan fingerprint density at radius 1 is 1.11 bits per heavy atom. The molecule has 0 saturated heterocycles. The predicted molar refractivity (Wildman–Crippen MR) is 76.7 cm³/mol. The molecular formula is C16H20N2O. The first-order chi connectivity index (χ1) is 8.91. The molecule has 19 heavy (non-hydrogen) atoms. The fourth-order valence-electron chi connectivity index (χ4n) is 2.19. The van der Waals surface area contributed by atoms with Gasteiger partial charge in [-0.15, -0.1) is 0 Å². The van der Waals surface area contributed by atoms with Crippen LogP contribution in [-0.4, -0.2) is 15.6 Å². The number of benzene rings is 1. The molecule has 1 heterocycles. The minimum Gasteiger partial charge on any atom is -0.292 e. The van der Waals surface area contributed by atoms with Crippen LogP contribution in [0.4, 0.5) is 0 Å². The average molecular weight is 256 g/mol. The van der Waals surface area contributed by atoms with Gasteiger partial charge in [-0.25, -0.2) is 0 Å². The van der Waals surface area contributed by atoms with E-state index in [1.165, 1.54) is 0 Å². The summed E-state index contributed by atoms with van der Waals surface area (Å²) < 4.78 is 1.83. The van der Waals surface area contributed by atoms with E-state index in [-0.39, 0.29) is 11.8 Å². The average Bonchev–Trinajstić information content (AvgIpc) is 2.66. The van der Waals surface area contributed by atoms with Crippen LogP contribution >= 0.6 is 0 Å².